The summed E-state index contributed by atoms with van der Waals surface area (Å²) in [6, 6.07) is 6.06. The summed E-state index contributed by atoms with van der Waals surface area (Å²) >= 11 is 0. The van der Waals surface area contributed by atoms with Crippen molar-refractivity contribution in [3.8, 4) is 11.5 Å². The molecule has 0 aromatic heterocycles. The summed E-state index contributed by atoms with van der Waals surface area (Å²) in [4.78, 5) is 52.2. The quantitative estimate of drug-likeness (QED) is 0.0352. The van der Waals surface area contributed by atoms with Crippen LogP contribution in [0.4, 0.5) is 0 Å². The molecule has 0 unspecified atom stereocenters. The van der Waals surface area contributed by atoms with Gasteiger partial charge in [0.1, 0.15) is 11.5 Å². The van der Waals surface area contributed by atoms with Crippen LogP contribution in [-0.4, -0.2) is 82.5 Å². The fourth-order valence-corrected chi connectivity index (χ4v) is 7.76. The first-order valence-corrected chi connectivity index (χ1v) is 26.8. The molecule has 1 rings (SSSR count). The molecule has 1 aromatic carbocycles. The van der Waals surface area contributed by atoms with Gasteiger partial charge in [-0.1, -0.05) is 130 Å². The topological polar surface area (TPSA) is 127 Å². The molecule has 0 radical (unpaired) electrons. The van der Waals surface area contributed by atoms with E-state index >= 15 is 0 Å². The second kappa shape index (κ2) is 43.0. The third-order valence-corrected chi connectivity index (χ3v) is 11.8. The maximum Gasteiger partial charge on any atom is 0.305 e. The van der Waals surface area contributed by atoms with Crippen molar-refractivity contribution >= 4 is 23.9 Å². The number of rotatable bonds is 46. The highest BCUT2D eigenvalue weighted by molar-refractivity contribution is 5.70. The lowest BCUT2D eigenvalue weighted by Crippen LogP contribution is -2.21. The van der Waals surface area contributed by atoms with E-state index in [-0.39, 0.29) is 62.1 Å². The lowest BCUT2D eigenvalue weighted by molar-refractivity contribution is -0.151. The van der Waals surface area contributed by atoms with E-state index in [0.717, 1.165) is 139 Å². The average Bonchev–Trinajstić information content (AvgIpc) is 3.29. The second-order valence-electron chi connectivity index (χ2n) is 18.9. The van der Waals surface area contributed by atoms with Crippen LogP contribution < -0.4 is 9.47 Å². The van der Waals surface area contributed by atoms with Crippen molar-refractivity contribution in [1.29, 1.82) is 0 Å². The minimum absolute atomic E-state index is 0.0583. The third kappa shape index (κ3) is 36.7. The molecule has 11 nitrogen and oxygen atoms in total. The van der Waals surface area contributed by atoms with Gasteiger partial charge >= 0.3 is 23.9 Å². The first-order chi connectivity index (χ1) is 32.1. The molecular weight excluding hydrogens is 835 g/mol. The minimum Gasteiger partial charge on any atom is -0.493 e. The molecule has 0 aliphatic carbocycles. The number of carbonyl (C=O) groups is 4. The molecule has 382 valence electrons. The first kappa shape index (κ1) is 60.7. The van der Waals surface area contributed by atoms with Gasteiger partial charge in [-0.2, -0.15) is 0 Å². The smallest absolute Gasteiger partial charge is 0.305 e. The average molecular weight is 932 g/mol. The molecule has 11 heteroatoms. The van der Waals surface area contributed by atoms with Crippen molar-refractivity contribution in [2.45, 2.75) is 227 Å². The Balaban J connectivity index is 2.73. The summed E-state index contributed by atoms with van der Waals surface area (Å²) in [6.07, 6.45) is 28.0. The van der Waals surface area contributed by atoms with Crippen LogP contribution in [0, 0.1) is 11.8 Å². The van der Waals surface area contributed by atoms with Crippen LogP contribution in [-0.2, 0) is 44.7 Å². The van der Waals surface area contributed by atoms with Crippen LogP contribution in [0.1, 0.15) is 226 Å². The highest BCUT2D eigenvalue weighted by atomic mass is 16.6. The zero-order valence-electron chi connectivity index (χ0n) is 43.1. The minimum atomic E-state index is -0.176. The van der Waals surface area contributed by atoms with Gasteiger partial charge in [-0.05, 0) is 96.0 Å². The molecule has 0 saturated heterocycles. The standard InChI is InChI=1S/C55H97NO10/c1-7-11-15-19-23-33-52(57)63-43-47(44-64-53(58)34-24-20-16-12-8-2)31-27-29-37-61-50-39-49(42-56(5)6)40-51(41-50)62-38-30-28-32-48(45-65-54(59)35-25-21-17-13-9-3)46-66-55(60)36-26-22-18-14-10-4/h39-41,47-48H,7-38,42-46H2,1-6H3. The number of ether oxygens (including phenoxy) is 6. The molecule has 0 fully saturated rings. The molecule has 0 aliphatic rings. The van der Waals surface area contributed by atoms with Gasteiger partial charge in [0.2, 0.25) is 0 Å². The van der Waals surface area contributed by atoms with Crippen LogP contribution in [0.5, 0.6) is 11.5 Å². The molecule has 0 aliphatic heterocycles. The van der Waals surface area contributed by atoms with Crippen molar-refractivity contribution in [2.24, 2.45) is 11.8 Å². The number of unbranched alkanes of at least 4 members (excludes halogenated alkanes) is 18. The number of hydrogen-bond acceptors (Lipinski definition) is 11. The number of carbonyl (C=O) groups excluding carboxylic acids is 4. The maximum absolute atomic E-state index is 12.5. The summed E-state index contributed by atoms with van der Waals surface area (Å²) in [5, 5.41) is 0. The lowest BCUT2D eigenvalue weighted by Gasteiger charge is -2.18. The van der Waals surface area contributed by atoms with E-state index in [2.05, 4.69) is 44.7 Å². The highest BCUT2D eigenvalue weighted by Crippen LogP contribution is 2.25. The van der Waals surface area contributed by atoms with Gasteiger partial charge in [0.25, 0.3) is 0 Å². The van der Waals surface area contributed by atoms with Gasteiger partial charge < -0.3 is 33.3 Å². The second-order valence-corrected chi connectivity index (χ2v) is 18.9. The van der Waals surface area contributed by atoms with Crippen LogP contribution in [0.25, 0.3) is 0 Å². The predicted molar refractivity (Wildman–Crippen MR) is 267 cm³/mol. The monoisotopic (exact) mass is 932 g/mol. The van der Waals surface area contributed by atoms with Crippen molar-refractivity contribution in [3.63, 3.8) is 0 Å². The number of benzene rings is 1. The number of esters is 4. The van der Waals surface area contributed by atoms with Gasteiger partial charge in [-0.3, -0.25) is 19.2 Å². The molecule has 0 saturated carbocycles. The molecule has 0 atom stereocenters. The molecular formula is C55H97NO10. The summed E-state index contributed by atoms with van der Waals surface area (Å²) in [7, 11) is 4.07. The van der Waals surface area contributed by atoms with E-state index in [9.17, 15) is 19.2 Å². The molecule has 1 aromatic rings. The van der Waals surface area contributed by atoms with E-state index in [4.69, 9.17) is 28.4 Å². The van der Waals surface area contributed by atoms with Crippen molar-refractivity contribution in [2.75, 3.05) is 53.7 Å². The normalized spacial score (nSPS) is 11.3. The van der Waals surface area contributed by atoms with E-state index in [1.165, 1.54) is 51.4 Å². The Labute approximate surface area is 402 Å². The van der Waals surface area contributed by atoms with Gasteiger partial charge in [0, 0.05) is 50.1 Å². The third-order valence-electron chi connectivity index (χ3n) is 11.8. The Kier molecular flexibility index (Phi) is 39.5. The maximum atomic E-state index is 12.5. The Bertz CT molecular complexity index is 1200. The van der Waals surface area contributed by atoms with Crippen LogP contribution in [0.15, 0.2) is 18.2 Å². The Morgan fingerprint density at radius 2 is 0.712 bits per heavy atom. The molecule has 0 bridgehead atoms. The predicted octanol–water partition coefficient (Wildman–Crippen LogP) is 13.7. The van der Waals surface area contributed by atoms with E-state index in [1.54, 1.807) is 0 Å². The van der Waals surface area contributed by atoms with E-state index in [1.807, 2.05) is 20.2 Å². The Hall–Kier alpha value is -3.34. The van der Waals surface area contributed by atoms with E-state index in [0.29, 0.717) is 38.9 Å². The molecule has 0 N–H and O–H groups in total. The Morgan fingerprint density at radius 1 is 0.409 bits per heavy atom. The van der Waals surface area contributed by atoms with Gasteiger partial charge in [-0.25, -0.2) is 0 Å². The van der Waals surface area contributed by atoms with Gasteiger partial charge in [0.15, 0.2) is 0 Å². The molecule has 0 amide bonds. The summed E-state index contributed by atoms with van der Waals surface area (Å²) < 4.78 is 35.3. The zero-order chi connectivity index (χ0) is 48.3. The van der Waals surface area contributed by atoms with Crippen molar-refractivity contribution in [3.05, 3.63) is 23.8 Å². The SMILES string of the molecule is CCCCCCCC(=O)OCC(CCCCOc1cc(CN(C)C)cc(OCCCCC(COC(=O)CCCCCCC)COC(=O)CCCCCCC)c1)COC(=O)CCCCCCC. The van der Waals surface area contributed by atoms with Crippen molar-refractivity contribution in [1.82, 2.24) is 4.90 Å². The van der Waals surface area contributed by atoms with Gasteiger partial charge in [-0.15, -0.1) is 0 Å². The fourth-order valence-electron chi connectivity index (χ4n) is 7.76. The molecule has 66 heavy (non-hydrogen) atoms. The number of nitrogens with zero attached hydrogens (tertiary/aromatic N) is 1. The zero-order valence-corrected chi connectivity index (χ0v) is 43.1. The summed E-state index contributed by atoms with van der Waals surface area (Å²) in [5.74, 6) is 0.680. The van der Waals surface area contributed by atoms with E-state index < -0.39 is 0 Å². The summed E-state index contributed by atoms with van der Waals surface area (Å²) in [5.41, 5.74) is 1.09. The van der Waals surface area contributed by atoms with Crippen molar-refractivity contribution < 1.29 is 47.6 Å². The fraction of sp³-hybridized carbons (Fsp3) is 0.818. The first-order valence-electron chi connectivity index (χ1n) is 26.8. The molecule has 0 spiro atoms. The highest BCUT2D eigenvalue weighted by Gasteiger charge is 2.17. The van der Waals surface area contributed by atoms with Gasteiger partial charge in [0.05, 0.1) is 39.6 Å². The van der Waals surface area contributed by atoms with Crippen LogP contribution >= 0.6 is 0 Å². The summed E-state index contributed by atoms with van der Waals surface area (Å²) in [6.45, 7) is 11.5. The Morgan fingerprint density at radius 3 is 1.00 bits per heavy atom. The molecule has 0 heterocycles. The lowest BCUT2D eigenvalue weighted by atomic mass is 10.0. The van der Waals surface area contributed by atoms with Crippen LogP contribution in [0.2, 0.25) is 0 Å². The largest absolute Gasteiger partial charge is 0.493 e. The number of hydrogen-bond donors (Lipinski definition) is 0. The van der Waals surface area contributed by atoms with Crippen LogP contribution in [0.3, 0.4) is 0 Å².